The predicted octanol–water partition coefficient (Wildman–Crippen LogP) is 2.63. The summed E-state index contributed by atoms with van der Waals surface area (Å²) in [4.78, 5) is 28.7. The molecule has 0 aliphatic carbocycles. The Hall–Kier alpha value is -2.08. The van der Waals surface area contributed by atoms with Crippen LogP contribution in [0.5, 0.6) is 0 Å². The van der Waals surface area contributed by atoms with Crippen LogP contribution in [0.1, 0.15) is 32.8 Å². The van der Waals surface area contributed by atoms with Gasteiger partial charge in [0.1, 0.15) is 0 Å². The average molecular weight is 359 g/mol. The summed E-state index contributed by atoms with van der Waals surface area (Å²) >= 11 is 0. The van der Waals surface area contributed by atoms with Crippen molar-refractivity contribution in [3.63, 3.8) is 0 Å². The van der Waals surface area contributed by atoms with Gasteiger partial charge in [0.2, 0.25) is 5.91 Å². The molecule has 6 heteroatoms. The number of hydrogen-bond donors (Lipinski definition) is 1. The Kier molecular flexibility index (Phi) is 5.51. The van der Waals surface area contributed by atoms with Crippen LogP contribution in [0.15, 0.2) is 24.3 Å². The van der Waals surface area contributed by atoms with Crippen LogP contribution in [0, 0.1) is 11.3 Å². The first kappa shape index (κ1) is 18.7. The first-order valence-corrected chi connectivity index (χ1v) is 9.34. The zero-order chi connectivity index (χ0) is 18.7. The molecule has 1 N–H and O–H groups in total. The Morgan fingerprint density at radius 1 is 1.19 bits per heavy atom. The quantitative estimate of drug-likeness (QED) is 0.898. The predicted molar refractivity (Wildman–Crippen MR) is 101 cm³/mol. The number of benzene rings is 1. The van der Waals surface area contributed by atoms with Crippen molar-refractivity contribution in [2.45, 2.75) is 33.7 Å². The molecule has 1 aromatic rings. The van der Waals surface area contributed by atoms with Gasteiger partial charge in [0.15, 0.2) is 0 Å². The van der Waals surface area contributed by atoms with Gasteiger partial charge in [-0.25, -0.2) is 4.79 Å². The highest BCUT2D eigenvalue weighted by Gasteiger charge is 2.36. The van der Waals surface area contributed by atoms with Crippen molar-refractivity contribution in [2.75, 3.05) is 37.7 Å². The zero-order valence-corrected chi connectivity index (χ0v) is 16.0. The maximum Gasteiger partial charge on any atom is 0.324 e. The Morgan fingerprint density at radius 2 is 1.92 bits per heavy atom. The van der Waals surface area contributed by atoms with E-state index in [4.69, 9.17) is 4.74 Å². The van der Waals surface area contributed by atoms with E-state index in [2.05, 4.69) is 43.1 Å². The van der Waals surface area contributed by atoms with Crippen LogP contribution in [0.3, 0.4) is 0 Å². The zero-order valence-electron chi connectivity index (χ0n) is 16.0. The smallest absolute Gasteiger partial charge is 0.324 e. The summed E-state index contributed by atoms with van der Waals surface area (Å²) in [6, 6.07) is 7.79. The lowest BCUT2D eigenvalue weighted by molar-refractivity contribution is -0.135. The number of imide groups is 1. The van der Waals surface area contributed by atoms with Crippen LogP contribution in [-0.4, -0.2) is 49.7 Å². The Balaban J connectivity index is 1.72. The standard InChI is InChI=1S/C20H29N3O3/c1-20(2,3)12-16-13-21-19(25)23(18(16)24)14-15-5-4-6-17(11-15)22-7-9-26-10-8-22/h4-6,11,16H,7-10,12-14H2,1-3H3,(H,21,25). The van der Waals surface area contributed by atoms with Crippen molar-refractivity contribution in [1.82, 2.24) is 10.2 Å². The number of nitrogens with zero attached hydrogens (tertiary/aromatic N) is 2. The van der Waals surface area contributed by atoms with E-state index in [-0.39, 0.29) is 23.3 Å². The molecule has 1 aromatic carbocycles. The minimum atomic E-state index is -0.295. The van der Waals surface area contributed by atoms with Gasteiger partial charge in [-0.05, 0) is 29.5 Å². The monoisotopic (exact) mass is 359 g/mol. The average Bonchev–Trinajstić information content (AvgIpc) is 2.61. The van der Waals surface area contributed by atoms with Crippen molar-refractivity contribution in [1.29, 1.82) is 0 Å². The third kappa shape index (κ3) is 4.55. The Bertz CT molecular complexity index is 663. The van der Waals surface area contributed by atoms with Crippen molar-refractivity contribution in [3.8, 4) is 0 Å². The van der Waals surface area contributed by atoms with Crippen LogP contribution in [-0.2, 0) is 16.1 Å². The molecule has 0 bridgehead atoms. The van der Waals surface area contributed by atoms with Crippen LogP contribution >= 0.6 is 0 Å². The molecule has 6 nitrogen and oxygen atoms in total. The molecule has 26 heavy (non-hydrogen) atoms. The Labute approximate surface area is 155 Å². The third-order valence-electron chi connectivity index (χ3n) is 4.85. The molecule has 2 heterocycles. The van der Waals surface area contributed by atoms with E-state index >= 15 is 0 Å². The number of hydrogen-bond acceptors (Lipinski definition) is 4. The van der Waals surface area contributed by atoms with E-state index in [0.717, 1.165) is 44.0 Å². The first-order valence-electron chi connectivity index (χ1n) is 9.34. The number of rotatable bonds is 4. The lowest BCUT2D eigenvalue weighted by Crippen LogP contribution is -2.54. The molecule has 1 unspecified atom stereocenters. The molecule has 0 radical (unpaired) electrons. The molecule has 142 valence electrons. The van der Waals surface area contributed by atoms with Crippen molar-refractivity contribution >= 4 is 17.6 Å². The topological polar surface area (TPSA) is 61.9 Å². The van der Waals surface area contributed by atoms with Gasteiger partial charge in [0.25, 0.3) is 0 Å². The molecule has 3 rings (SSSR count). The second-order valence-corrected chi connectivity index (χ2v) is 8.34. The molecule has 2 fully saturated rings. The highest BCUT2D eigenvalue weighted by atomic mass is 16.5. The van der Waals surface area contributed by atoms with Gasteiger partial charge in [-0.1, -0.05) is 32.9 Å². The number of morpholine rings is 1. The molecule has 1 atom stereocenters. The summed E-state index contributed by atoms with van der Waals surface area (Å²) < 4.78 is 5.41. The molecule has 2 aliphatic rings. The lowest BCUT2D eigenvalue weighted by atomic mass is 9.83. The summed E-state index contributed by atoms with van der Waals surface area (Å²) in [5.41, 5.74) is 2.13. The minimum absolute atomic E-state index is 0.0459. The highest BCUT2D eigenvalue weighted by Crippen LogP contribution is 2.28. The number of nitrogens with one attached hydrogen (secondary N) is 1. The number of ether oxygens (including phenoxy) is 1. The second kappa shape index (κ2) is 7.66. The van der Waals surface area contributed by atoms with E-state index in [1.165, 1.54) is 4.90 Å². The number of anilines is 1. The minimum Gasteiger partial charge on any atom is -0.378 e. The molecule has 2 aliphatic heterocycles. The third-order valence-corrected chi connectivity index (χ3v) is 4.85. The fraction of sp³-hybridized carbons (Fsp3) is 0.600. The van der Waals surface area contributed by atoms with E-state index in [9.17, 15) is 9.59 Å². The molecular weight excluding hydrogens is 330 g/mol. The van der Waals surface area contributed by atoms with Gasteiger partial charge < -0.3 is 15.0 Å². The molecule has 0 saturated carbocycles. The molecule has 3 amide bonds. The van der Waals surface area contributed by atoms with Crippen LogP contribution in [0.25, 0.3) is 0 Å². The van der Waals surface area contributed by atoms with Crippen LogP contribution in [0.4, 0.5) is 10.5 Å². The van der Waals surface area contributed by atoms with Crippen LogP contribution < -0.4 is 10.2 Å². The maximum absolute atomic E-state index is 12.8. The summed E-state index contributed by atoms with van der Waals surface area (Å²) in [6.07, 6.45) is 0.760. The summed E-state index contributed by atoms with van der Waals surface area (Å²) in [6.45, 7) is 10.3. The fourth-order valence-corrected chi connectivity index (χ4v) is 3.62. The van der Waals surface area contributed by atoms with Gasteiger partial charge in [0, 0.05) is 25.3 Å². The SMILES string of the molecule is CC(C)(C)CC1CNC(=O)N(Cc2cccc(N3CCOCC3)c2)C1=O. The van der Waals surface area contributed by atoms with Crippen molar-refractivity contribution in [3.05, 3.63) is 29.8 Å². The van der Waals surface area contributed by atoms with E-state index in [0.29, 0.717) is 13.1 Å². The molecular formula is C20H29N3O3. The van der Waals surface area contributed by atoms with E-state index < -0.39 is 0 Å². The number of amides is 3. The number of urea groups is 1. The van der Waals surface area contributed by atoms with E-state index in [1.807, 2.05) is 12.1 Å². The first-order chi connectivity index (χ1) is 12.3. The fourth-order valence-electron chi connectivity index (χ4n) is 3.62. The van der Waals surface area contributed by atoms with Gasteiger partial charge >= 0.3 is 6.03 Å². The summed E-state index contributed by atoms with van der Waals surface area (Å²) in [7, 11) is 0. The van der Waals surface area contributed by atoms with E-state index in [1.54, 1.807) is 0 Å². The van der Waals surface area contributed by atoms with Crippen LogP contribution in [0.2, 0.25) is 0 Å². The van der Waals surface area contributed by atoms with Gasteiger partial charge in [-0.15, -0.1) is 0 Å². The molecule has 0 spiro atoms. The number of carbonyl (C=O) groups is 2. The molecule has 0 aromatic heterocycles. The normalized spacial score (nSPS) is 21.7. The van der Waals surface area contributed by atoms with Crippen molar-refractivity contribution < 1.29 is 14.3 Å². The highest BCUT2D eigenvalue weighted by molar-refractivity contribution is 5.98. The second-order valence-electron chi connectivity index (χ2n) is 8.34. The maximum atomic E-state index is 12.8. The van der Waals surface area contributed by atoms with Gasteiger partial charge in [-0.2, -0.15) is 0 Å². The summed E-state index contributed by atoms with van der Waals surface area (Å²) in [5, 5.41) is 2.87. The lowest BCUT2D eigenvalue weighted by Gasteiger charge is -2.34. The Morgan fingerprint density at radius 3 is 2.62 bits per heavy atom. The number of carbonyl (C=O) groups excluding carboxylic acids is 2. The largest absolute Gasteiger partial charge is 0.378 e. The van der Waals surface area contributed by atoms with Crippen molar-refractivity contribution in [2.24, 2.45) is 11.3 Å². The van der Waals surface area contributed by atoms with Gasteiger partial charge in [0.05, 0.1) is 25.7 Å². The molecule has 2 saturated heterocycles. The van der Waals surface area contributed by atoms with Gasteiger partial charge in [-0.3, -0.25) is 9.69 Å². The summed E-state index contributed by atoms with van der Waals surface area (Å²) in [5.74, 6) is -0.226.